The molecule has 0 saturated carbocycles. The Bertz CT molecular complexity index is 588. The number of Topliss-reactive ketones (excluding diaryl/α,β-unsaturated/α-hetero) is 1. The highest BCUT2D eigenvalue weighted by Crippen LogP contribution is 2.17. The minimum absolute atomic E-state index is 0.149. The van der Waals surface area contributed by atoms with Crippen molar-refractivity contribution in [2.45, 2.75) is 6.92 Å². The summed E-state index contributed by atoms with van der Waals surface area (Å²) >= 11 is 0. The predicted molar refractivity (Wildman–Crippen MR) is 66.8 cm³/mol. The van der Waals surface area contributed by atoms with E-state index in [-0.39, 0.29) is 16.9 Å². The van der Waals surface area contributed by atoms with Crippen LogP contribution in [0.3, 0.4) is 0 Å². The van der Waals surface area contributed by atoms with E-state index in [0.717, 1.165) is 5.69 Å². The van der Waals surface area contributed by atoms with Crippen LogP contribution in [0.4, 0.5) is 11.4 Å². The average Bonchev–Trinajstić information content (AvgIpc) is 2.30. The first-order valence-electron chi connectivity index (χ1n) is 5.23. The summed E-state index contributed by atoms with van der Waals surface area (Å²) in [4.78, 5) is 25.5. The van der Waals surface area contributed by atoms with Gasteiger partial charge in [-0.25, -0.2) is 0 Å². The van der Waals surface area contributed by atoms with Crippen LogP contribution in [-0.4, -0.2) is 10.8 Å². The van der Waals surface area contributed by atoms with E-state index in [1.807, 2.05) is 30.3 Å². The summed E-state index contributed by atoms with van der Waals surface area (Å²) in [5, 5.41) is 3.05. The number of aromatic amines is 1. The number of carbonyl (C=O) groups excluding carboxylic acids is 1. The summed E-state index contributed by atoms with van der Waals surface area (Å²) in [7, 11) is 0. The van der Waals surface area contributed by atoms with Crippen LogP contribution in [0, 0.1) is 0 Å². The smallest absolute Gasteiger partial charge is 0.260 e. The molecule has 1 aromatic heterocycles. The maximum Gasteiger partial charge on any atom is 0.260 e. The molecule has 0 unspecified atom stereocenters. The van der Waals surface area contributed by atoms with Gasteiger partial charge in [-0.1, -0.05) is 18.2 Å². The molecular formula is C13H12N2O2. The zero-order valence-corrected chi connectivity index (χ0v) is 9.36. The fourth-order valence-electron chi connectivity index (χ4n) is 1.61. The first-order valence-corrected chi connectivity index (χ1v) is 5.23. The van der Waals surface area contributed by atoms with Crippen LogP contribution in [0.15, 0.2) is 47.4 Å². The van der Waals surface area contributed by atoms with Gasteiger partial charge in [0.25, 0.3) is 5.56 Å². The number of anilines is 2. The number of H-pyrrole nitrogens is 1. The van der Waals surface area contributed by atoms with Gasteiger partial charge in [0.2, 0.25) is 0 Å². The number of para-hydroxylation sites is 1. The summed E-state index contributed by atoms with van der Waals surface area (Å²) in [5.41, 5.74) is 1.13. The lowest BCUT2D eigenvalue weighted by molar-refractivity contribution is 0.101. The number of rotatable bonds is 3. The molecule has 0 atom stereocenters. The molecule has 2 N–H and O–H groups in total. The Hall–Kier alpha value is -2.36. The topological polar surface area (TPSA) is 62.0 Å². The van der Waals surface area contributed by atoms with E-state index in [1.165, 1.54) is 13.1 Å². The van der Waals surface area contributed by atoms with Gasteiger partial charge in [0.15, 0.2) is 5.78 Å². The van der Waals surface area contributed by atoms with E-state index >= 15 is 0 Å². The Morgan fingerprint density at radius 2 is 1.88 bits per heavy atom. The van der Waals surface area contributed by atoms with Crippen LogP contribution in [0.2, 0.25) is 0 Å². The Morgan fingerprint density at radius 3 is 2.53 bits per heavy atom. The molecule has 1 heterocycles. The van der Waals surface area contributed by atoms with Crippen molar-refractivity contribution in [1.82, 2.24) is 4.98 Å². The monoisotopic (exact) mass is 228 g/mol. The molecule has 0 aliphatic heterocycles. The lowest BCUT2D eigenvalue weighted by Gasteiger charge is -2.08. The lowest BCUT2D eigenvalue weighted by atomic mass is 10.1. The number of pyridine rings is 1. The second kappa shape index (κ2) is 4.65. The molecule has 0 radical (unpaired) electrons. The molecule has 0 fully saturated rings. The molecule has 0 aliphatic rings. The second-order valence-corrected chi connectivity index (χ2v) is 3.64. The molecule has 0 bridgehead atoms. The normalized spacial score (nSPS) is 9.94. The first-order chi connectivity index (χ1) is 8.18. The zero-order chi connectivity index (χ0) is 12.3. The maximum atomic E-state index is 11.6. The second-order valence-electron chi connectivity index (χ2n) is 3.64. The quantitative estimate of drug-likeness (QED) is 0.792. The molecule has 1 aromatic carbocycles. The van der Waals surface area contributed by atoms with E-state index in [1.54, 1.807) is 6.07 Å². The van der Waals surface area contributed by atoms with E-state index in [0.29, 0.717) is 5.69 Å². The highest BCUT2D eigenvalue weighted by molar-refractivity contribution is 5.99. The number of hydrogen-bond donors (Lipinski definition) is 2. The molecule has 0 aliphatic carbocycles. The average molecular weight is 228 g/mol. The fraction of sp³-hybridized carbons (Fsp3) is 0.0769. The number of hydrogen-bond acceptors (Lipinski definition) is 3. The van der Waals surface area contributed by atoms with Gasteiger partial charge in [-0.05, 0) is 25.1 Å². The van der Waals surface area contributed by atoms with Crippen LogP contribution in [0.25, 0.3) is 0 Å². The molecule has 0 spiro atoms. The summed E-state index contributed by atoms with van der Waals surface area (Å²) in [6.45, 7) is 1.38. The molecule has 86 valence electrons. The van der Waals surface area contributed by atoms with Crippen molar-refractivity contribution in [2.24, 2.45) is 0 Å². The van der Waals surface area contributed by atoms with Gasteiger partial charge in [-0.2, -0.15) is 0 Å². The molecule has 2 rings (SSSR count). The number of nitrogens with one attached hydrogen (secondary N) is 2. The highest BCUT2D eigenvalue weighted by atomic mass is 16.1. The van der Waals surface area contributed by atoms with Gasteiger partial charge in [0.1, 0.15) is 5.56 Å². The molecule has 4 heteroatoms. The Kier molecular flexibility index (Phi) is 3.05. The van der Waals surface area contributed by atoms with Gasteiger partial charge in [-0.3, -0.25) is 9.59 Å². The van der Waals surface area contributed by atoms with Crippen molar-refractivity contribution in [2.75, 3.05) is 5.32 Å². The minimum Gasteiger partial charge on any atom is -0.355 e. The van der Waals surface area contributed by atoms with E-state index < -0.39 is 0 Å². The van der Waals surface area contributed by atoms with Gasteiger partial charge in [0.05, 0.1) is 5.69 Å². The van der Waals surface area contributed by atoms with E-state index in [9.17, 15) is 9.59 Å². The highest BCUT2D eigenvalue weighted by Gasteiger charge is 2.11. The van der Waals surface area contributed by atoms with Crippen LogP contribution >= 0.6 is 0 Å². The number of carbonyl (C=O) groups is 1. The van der Waals surface area contributed by atoms with Crippen molar-refractivity contribution in [3.05, 3.63) is 58.5 Å². The number of benzene rings is 1. The first kappa shape index (κ1) is 11.1. The third kappa shape index (κ3) is 2.42. The van der Waals surface area contributed by atoms with Gasteiger partial charge < -0.3 is 10.3 Å². The van der Waals surface area contributed by atoms with Crippen LogP contribution in [-0.2, 0) is 0 Å². The van der Waals surface area contributed by atoms with E-state index in [4.69, 9.17) is 0 Å². The fourth-order valence-corrected chi connectivity index (χ4v) is 1.61. The van der Waals surface area contributed by atoms with Crippen LogP contribution in [0.1, 0.15) is 17.3 Å². The lowest BCUT2D eigenvalue weighted by Crippen LogP contribution is -2.17. The molecule has 2 aromatic rings. The van der Waals surface area contributed by atoms with Crippen molar-refractivity contribution in [1.29, 1.82) is 0 Å². The zero-order valence-electron chi connectivity index (χ0n) is 9.36. The summed E-state index contributed by atoms with van der Waals surface area (Å²) in [6, 6.07) is 11.1. The predicted octanol–water partition coefficient (Wildman–Crippen LogP) is 2.32. The summed E-state index contributed by atoms with van der Waals surface area (Å²) < 4.78 is 0. The molecule has 17 heavy (non-hydrogen) atoms. The van der Waals surface area contributed by atoms with Gasteiger partial charge in [0, 0.05) is 11.9 Å². The third-order valence-corrected chi connectivity index (χ3v) is 2.37. The summed E-state index contributed by atoms with van der Waals surface area (Å²) in [6.07, 6.45) is 1.51. The maximum absolute atomic E-state index is 11.6. The SMILES string of the molecule is CC(=O)c1c(Nc2ccccc2)cc[nH]c1=O. The van der Waals surface area contributed by atoms with Gasteiger partial charge in [-0.15, -0.1) is 0 Å². The molecular weight excluding hydrogens is 216 g/mol. The molecule has 0 saturated heterocycles. The largest absolute Gasteiger partial charge is 0.355 e. The van der Waals surface area contributed by atoms with Crippen molar-refractivity contribution >= 4 is 17.2 Å². The van der Waals surface area contributed by atoms with Crippen LogP contribution in [0.5, 0.6) is 0 Å². The standard InChI is InChI=1S/C13H12N2O2/c1-9(16)12-11(7-8-14-13(12)17)15-10-5-3-2-4-6-10/h2-8H,1H3,(H2,14,15,17). The van der Waals surface area contributed by atoms with Gasteiger partial charge >= 0.3 is 0 Å². The van der Waals surface area contributed by atoms with E-state index in [2.05, 4.69) is 10.3 Å². The Morgan fingerprint density at radius 1 is 1.18 bits per heavy atom. The molecule has 4 nitrogen and oxygen atoms in total. The number of aromatic nitrogens is 1. The number of ketones is 1. The Balaban J connectivity index is 2.43. The minimum atomic E-state index is -0.376. The summed E-state index contributed by atoms with van der Waals surface area (Å²) in [5.74, 6) is -0.259. The molecule has 0 amide bonds. The van der Waals surface area contributed by atoms with Crippen molar-refractivity contribution in [3.63, 3.8) is 0 Å². The third-order valence-electron chi connectivity index (χ3n) is 2.37. The van der Waals surface area contributed by atoms with Crippen molar-refractivity contribution in [3.8, 4) is 0 Å². The van der Waals surface area contributed by atoms with Crippen LogP contribution < -0.4 is 10.9 Å². The van der Waals surface area contributed by atoms with Crippen molar-refractivity contribution < 1.29 is 4.79 Å². The Labute approximate surface area is 98.3 Å².